The second-order valence-corrected chi connectivity index (χ2v) is 5.44. The Kier molecular flexibility index (Phi) is 2.83. The van der Waals surface area contributed by atoms with Gasteiger partial charge < -0.3 is 16.4 Å². The van der Waals surface area contributed by atoms with Crippen molar-refractivity contribution in [3.63, 3.8) is 0 Å². The number of nitriles is 1. The Morgan fingerprint density at radius 3 is 2.79 bits per heavy atom. The van der Waals surface area contributed by atoms with Crippen LogP contribution in [0.2, 0.25) is 0 Å². The van der Waals surface area contributed by atoms with Crippen molar-refractivity contribution in [1.82, 2.24) is 0 Å². The first-order valence-electron chi connectivity index (χ1n) is 6.62. The lowest BCUT2D eigenvalue weighted by Crippen LogP contribution is -2.54. The number of fused-ring (bicyclic) bond motifs is 1. The van der Waals surface area contributed by atoms with Gasteiger partial charge in [-0.15, -0.1) is 0 Å². The molecule has 0 saturated heterocycles. The van der Waals surface area contributed by atoms with Crippen LogP contribution in [0.5, 0.6) is 0 Å². The minimum absolute atomic E-state index is 0.142. The zero-order valence-electron chi connectivity index (χ0n) is 10.6. The molecule has 0 amide bonds. The molecule has 0 bridgehead atoms. The Bertz CT molecular complexity index is 533. The normalized spacial score (nSPS) is 31.6. The fraction of sp³-hybridized carbons (Fsp3) is 0.500. The number of nitrogens with zero attached hydrogens (tertiary/aromatic N) is 1. The van der Waals surface area contributed by atoms with Crippen molar-refractivity contribution in [2.75, 3.05) is 17.2 Å². The lowest BCUT2D eigenvalue weighted by Gasteiger charge is -2.45. The predicted molar refractivity (Wildman–Crippen MR) is 71.9 cm³/mol. The number of hydrogen-bond donors (Lipinski definition) is 3. The van der Waals surface area contributed by atoms with Crippen LogP contribution in [0.25, 0.3) is 0 Å². The van der Waals surface area contributed by atoms with Gasteiger partial charge in [-0.2, -0.15) is 5.26 Å². The summed E-state index contributed by atoms with van der Waals surface area (Å²) in [4.78, 5) is 0. The van der Waals surface area contributed by atoms with Gasteiger partial charge in [-0.3, -0.25) is 0 Å². The minimum atomic E-state index is -0.321. The van der Waals surface area contributed by atoms with Crippen LogP contribution in [0.15, 0.2) is 18.2 Å². The molecule has 1 aliphatic carbocycles. The molecular formula is C14H17FN4. The molecule has 19 heavy (non-hydrogen) atoms. The minimum Gasteiger partial charge on any atom is -0.361 e. The summed E-state index contributed by atoms with van der Waals surface area (Å²) in [5.74, 6) is 0.250. The van der Waals surface area contributed by atoms with E-state index in [0.29, 0.717) is 12.5 Å². The first kappa shape index (κ1) is 12.2. The molecule has 0 spiro atoms. The summed E-state index contributed by atoms with van der Waals surface area (Å²) in [6.45, 7) is 0.546. The maximum atomic E-state index is 13.3. The van der Waals surface area contributed by atoms with Crippen molar-refractivity contribution in [3.8, 4) is 6.07 Å². The number of halogens is 1. The van der Waals surface area contributed by atoms with E-state index in [1.54, 1.807) is 6.07 Å². The summed E-state index contributed by atoms with van der Waals surface area (Å²) in [6.07, 6.45) is 2.49. The van der Waals surface area contributed by atoms with Crippen LogP contribution in [-0.2, 0) is 0 Å². The van der Waals surface area contributed by atoms with Crippen molar-refractivity contribution in [1.29, 1.82) is 5.26 Å². The van der Waals surface area contributed by atoms with Gasteiger partial charge in [0.2, 0.25) is 0 Å². The number of benzene rings is 1. The molecule has 0 aromatic heterocycles. The molecule has 100 valence electrons. The third kappa shape index (κ3) is 1.92. The van der Waals surface area contributed by atoms with Crippen LogP contribution in [-0.4, -0.2) is 12.2 Å². The zero-order valence-corrected chi connectivity index (χ0v) is 10.6. The Hall–Kier alpha value is -1.80. The molecule has 1 unspecified atom stereocenters. The van der Waals surface area contributed by atoms with Gasteiger partial charge in [-0.05, 0) is 37.6 Å². The topological polar surface area (TPSA) is 73.9 Å². The van der Waals surface area contributed by atoms with Crippen LogP contribution in [0, 0.1) is 29.0 Å². The average Bonchev–Trinajstić information content (AvgIpc) is 2.66. The molecule has 5 heteroatoms. The quantitative estimate of drug-likeness (QED) is 0.779. The first-order chi connectivity index (χ1) is 9.16. The first-order valence-corrected chi connectivity index (χ1v) is 6.62. The molecule has 4 N–H and O–H groups in total. The molecule has 1 heterocycles. The largest absolute Gasteiger partial charge is 0.361 e. The van der Waals surface area contributed by atoms with E-state index in [4.69, 9.17) is 11.0 Å². The van der Waals surface area contributed by atoms with E-state index in [-0.39, 0.29) is 17.4 Å². The summed E-state index contributed by atoms with van der Waals surface area (Å²) in [5, 5.41) is 15.8. The zero-order chi connectivity index (χ0) is 13.5. The number of nitrogens with two attached hydrogens (primary N) is 1. The number of nitrogens with one attached hydrogen (secondary N) is 2. The average molecular weight is 260 g/mol. The summed E-state index contributed by atoms with van der Waals surface area (Å²) in [7, 11) is 0. The van der Waals surface area contributed by atoms with E-state index in [1.807, 2.05) is 0 Å². The van der Waals surface area contributed by atoms with Crippen molar-refractivity contribution in [3.05, 3.63) is 24.0 Å². The molecule has 1 aromatic carbocycles. The SMILES string of the molecule is N#CC1CC(C2(CCN)Nc3ccc(F)cc3N2)C1. The van der Waals surface area contributed by atoms with Crippen LogP contribution in [0.1, 0.15) is 19.3 Å². The highest BCUT2D eigenvalue weighted by Gasteiger charge is 2.48. The van der Waals surface area contributed by atoms with Crippen molar-refractivity contribution in [2.45, 2.75) is 24.9 Å². The van der Waals surface area contributed by atoms with Crippen LogP contribution in [0.4, 0.5) is 15.8 Å². The summed E-state index contributed by atoms with van der Waals surface area (Å²) in [6, 6.07) is 6.99. The van der Waals surface area contributed by atoms with E-state index >= 15 is 0 Å². The van der Waals surface area contributed by atoms with E-state index in [0.717, 1.165) is 30.6 Å². The Morgan fingerprint density at radius 1 is 1.37 bits per heavy atom. The van der Waals surface area contributed by atoms with Crippen molar-refractivity contribution in [2.24, 2.45) is 17.6 Å². The maximum Gasteiger partial charge on any atom is 0.125 e. The van der Waals surface area contributed by atoms with Crippen molar-refractivity contribution >= 4 is 11.4 Å². The molecule has 1 atom stereocenters. The lowest BCUT2D eigenvalue weighted by atomic mass is 9.68. The van der Waals surface area contributed by atoms with E-state index in [9.17, 15) is 4.39 Å². The molecule has 2 aliphatic rings. The van der Waals surface area contributed by atoms with Crippen LogP contribution in [0.3, 0.4) is 0 Å². The highest BCUT2D eigenvalue weighted by Crippen LogP contribution is 2.48. The Morgan fingerprint density at radius 2 is 2.11 bits per heavy atom. The molecule has 0 radical (unpaired) electrons. The molecule has 3 rings (SSSR count). The van der Waals surface area contributed by atoms with Crippen molar-refractivity contribution < 1.29 is 4.39 Å². The van der Waals surface area contributed by atoms with E-state index < -0.39 is 0 Å². The summed E-state index contributed by atoms with van der Waals surface area (Å²) >= 11 is 0. The maximum absolute atomic E-state index is 13.3. The smallest absolute Gasteiger partial charge is 0.125 e. The molecule has 1 saturated carbocycles. The van der Waals surface area contributed by atoms with E-state index in [2.05, 4.69) is 16.7 Å². The number of rotatable bonds is 3. The predicted octanol–water partition coefficient (Wildman–Crippen LogP) is 2.26. The van der Waals surface area contributed by atoms with E-state index in [1.165, 1.54) is 12.1 Å². The molecular weight excluding hydrogens is 243 g/mol. The monoisotopic (exact) mass is 260 g/mol. The summed E-state index contributed by atoms with van der Waals surface area (Å²) < 4.78 is 13.3. The molecule has 1 aromatic rings. The van der Waals surface area contributed by atoms with Gasteiger partial charge in [0, 0.05) is 18.3 Å². The second kappa shape index (κ2) is 4.39. The summed E-state index contributed by atoms with van der Waals surface area (Å²) in [5.41, 5.74) is 7.10. The Labute approximate surface area is 111 Å². The molecule has 1 aliphatic heterocycles. The van der Waals surface area contributed by atoms with Gasteiger partial charge >= 0.3 is 0 Å². The lowest BCUT2D eigenvalue weighted by molar-refractivity contribution is 0.159. The van der Waals surface area contributed by atoms with Crippen LogP contribution < -0.4 is 16.4 Å². The third-order valence-electron chi connectivity index (χ3n) is 4.25. The number of hydrogen-bond acceptors (Lipinski definition) is 4. The highest BCUT2D eigenvalue weighted by molar-refractivity contribution is 5.76. The van der Waals surface area contributed by atoms with Gasteiger partial charge in [0.1, 0.15) is 11.5 Å². The highest BCUT2D eigenvalue weighted by atomic mass is 19.1. The second-order valence-electron chi connectivity index (χ2n) is 5.44. The van der Waals surface area contributed by atoms with Gasteiger partial charge in [-0.1, -0.05) is 0 Å². The van der Waals surface area contributed by atoms with Gasteiger partial charge in [0.25, 0.3) is 0 Å². The van der Waals surface area contributed by atoms with Crippen LogP contribution >= 0.6 is 0 Å². The van der Waals surface area contributed by atoms with Gasteiger partial charge in [0.05, 0.1) is 17.4 Å². The standard InChI is InChI=1S/C14H17FN4/c15-11-1-2-12-13(7-11)19-14(18-12,3-4-16)10-5-9(6-10)8-17/h1-2,7,9-10,18-19H,3-6,16H2. The number of anilines is 2. The fourth-order valence-electron chi connectivity index (χ4n) is 3.13. The molecule has 1 fully saturated rings. The molecule has 4 nitrogen and oxygen atoms in total. The third-order valence-corrected chi connectivity index (χ3v) is 4.25. The van der Waals surface area contributed by atoms with Gasteiger partial charge in [0.15, 0.2) is 0 Å². The van der Waals surface area contributed by atoms with Gasteiger partial charge in [-0.25, -0.2) is 4.39 Å². The fourth-order valence-corrected chi connectivity index (χ4v) is 3.13. The Balaban J connectivity index is 1.84.